The van der Waals surface area contributed by atoms with E-state index in [1.54, 1.807) is 29.1 Å². The number of benzene rings is 1. The van der Waals surface area contributed by atoms with Gasteiger partial charge in [-0.1, -0.05) is 5.21 Å². The van der Waals surface area contributed by atoms with Gasteiger partial charge in [0.15, 0.2) is 5.69 Å². The SMILES string of the molecule is CCn1ncc(C)c1NC(=O)c1cn(-c2ccc3c(c2)CN(C2CCC(=O)NC2=O)C3=O)nn1. The maximum absolute atomic E-state index is 12.9. The first-order valence-electron chi connectivity index (χ1n) is 10.9. The molecule has 4 amide bonds. The van der Waals surface area contributed by atoms with Crippen LogP contribution in [-0.4, -0.2) is 59.3 Å². The van der Waals surface area contributed by atoms with Crippen molar-refractivity contribution >= 4 is 29.4 Å². The number of carbonyl (C=O) groups excluding carboxylic acids is 4. The first-order chi connectivity index (χ1) is 16.4. The van der Waals surface area contributed by atoms with Crippen molar-refractivity contribution in [3.05, 3.63) is 53.0 Å². The van der Waals surface area contributed by atoms with E-state index in [0.717, 1.165) is 11.1 Å². The number of anilines is 1. The van der Waals surface area contributed by atoms with Crippen LogP contribution in [-0.2, 0) is 22.7 Å². The van der Waals surface area contributed by atoms with E-state index >= 15 is 0 Å². The maximum atomic E-state index is 12.9. The monoisotopic (exact) mass is 462 g/mol. The molecule has 12 nitrogen and oxygen atoms in total. The molecule has 2 N–H and O–H groups in total. The number of aryl methyl sites for hydroxylation is 2. The number of hydrogen-bond acceptors (Lipinski definition) is 7. The summed E-state index contributed by atoms with van der Waals surface area (Å²) in [5.74, 6) is -0.841. The van der Waals surface area contributed by atoms with E-state index in [0.29, 0.717) is 30.0 Å². The van der Waals surface area contributed by atoms with Crippen molar-refractivity contribution in [3.63, 3.8) is 0 Å². The summed E-state index contributed by atoms with van der Waals surface area (Å²) in [7, 11) is 0. The molecule has 0 bridgehead atoms. The van der Waals surface area contributed by atoms with Gasteiger partial charge in [-0.2, -0.15) is 5.10 Å². The number of amides is 4. The molecule has 1 atom stereocenters. The Hall–Kier alpha value is -4.35. The molecule has 1 aromatic carbocycles. The zero-order valence-electron chi connectivity index (χ0n) is 18.6. The Bertz CT molecular complexity index is 1340. The second kappa shape index (κ2) is 8.21. The van der Waals surface area contributed by atoms with Crippen molar-refractivity contribution in [2.75, 3.05) is 5.32 Å². The molecular weight excluding hydrogens is 440 g/mol. The highest BCUT2D eigenvalue weighted by Gasteiger charge is 2.39. The van der Waals surface area contributed by atoms with Crippen LogP contribution in [0.5, 0.6) is 0 Å². The molecule has 34 heavy (non-hydrogen) atoms. The van der Waals surface area contributed by atoms with E-state index in [1.165, 1.54) is 15.8 Å². The molecule has 0 spiro atoms. The second-order valence-electron chi connectivity index (χ2n) is 8.24. The average Bonchev–Trinajstić information content (AvgIpc) is 3.52. The van der Waals surface area contributed by atoms with Crippen molar-refractivity contribution in [2.24, 2.45) is 0 Å². The molecule has 4 heterocycles. The summed E-state index contributed by atoms with van der Waals surface area (Å²) in [4.78, 5) is 50.7. The largest absolute Gasteiger partial charge is 0.322 e. The van der Waals surface area contributed by atoms with Gasteiger partial charge in [0.05, 0.1) is 18.1 Å². The summed E-state index contributed by atoms with van der Waals surface area (Å²) in [6.07, 6.45) is 3.69. The van der Waals surface area contributed by atoms with Gasteiger partial charge in [0.25, 0.3) is 11.8 Å². The molecule has 5 rings (SSSR count). The van der Waals surface area contributed by atoms with E-state index in [-0.39, 0.29) is 30.5 Å². The number of nitrogens with one attached hydrogen (secondary N) is 2. The summed E-state index contributed by atoms with van der Waals surface area (Å²) >= 11 is 0. The Morgan fingerprint density at radius 2 is 2.09 bits per heavy atom. The van der Waals surface area contributed by atoms with Crippen LogP contribution in [0.25, 0.3) is 5.69 Å². The molecule has 0 radical (unpaired) electrons. The van der Waals surface area contributed by atoms with Crippen LogP contribution >= 0.6 is 0 Å². The predicted octanol–water partition coefficient (Wildman–Crippen LogP) is 0.805. The van der Waals surface area contributed by atoms with Crippen molar-refractivity contribution in [2.45, 2.75) is 45.8 Å². The fourth-order valence-electron chi connectivity index (χ4n) is 4.25. The zero-order chi connectivity index (χ0) is 24.0. The maximum Gasteiger partial charge on any atom is 0.279 e. The van der Waals surface area contributed by atoms with Gasteiger partial charge >= 0.3 is 0 Å². The molecule has 3 aromatic rings. The summed E-state index contributed by atoms with van der Waals surface area (Å²) in [5, 5.41) is 17.4. The fourth-order valence-corrected chi connectivity index (χ4v) is 4.25. The lowest BCUT2D eigenvalue weighted by molar-refractivity contribution is -0.136. The predicted molar refractivity (Wildman–Crippen MR) is 118 cm³/mol. The number of aromatic nitrogens is 5. The van der Waals surface area contributed by atoms with Gasteiger partial charge in [0, 0.05) is 30.6 Å². The van der Waals surface area contributed by atoms with Crippen LogP contribution < -0.4 is 10.6 Å². The van der Waals surface area contributed by atoms with Gasteiger partial charge < -0.3 is 10.2 Å². The quantitative estimate of drug-likeness (QED) is 0.534. The standard InChI is InChI=1S/C22H22N8O4/c1-3-29-19(12(2)9-23-29)25-20(32)16-11-30(27-26-16)14-4-5-15-13(8-14)10-28(22(15)34)17-6-7-18(31)24-21(17)33/h4-5,8-9,11,17H,3,6-7,10H2,1-2H3,(H,25,32)(H,24,31,33). The molecule has 2 aromatic heterocycles. The van der Waals surface area contributed by atoms with Crippen molar-refractivity contribution in [1.29, 1.82) is 0 Å². The molecule has 1 unspecified atom stereocenters. The van der Waals surface area contributed by atoms with E-state index < -0.39 is 17.9 Å². The molecule has 0 aliphatic carbocycles. The molecule has 174 valence electrons. The highest BCUT2D eigenvalue weighted by atomic mass is 16.2. The van der Waals surface area contributed by atoms with Gasteiger partial charge in [-0.05, 0) is 44.0 Å². The highest BCUT2D eigenvalue weighted by Crippen LogP contribution is 2.29. The molecule has 2 aliphatic heterocycles. The number of piperidine rings is 1. The third-order valence-electron chi connectivity index (χ3n) is 6.05. The van der Waals surface area contributed by atoms with Crippen molar-refractivity contribution < 1.29 is 19.2 Å². The first-order valence-corrected chi connectivity index (χ1v) is 10.9. The summed E-state index contributed by atoms with van der Waals surface area (Å²) in [6, 6.07) is 4.48. The van der Waals surface area contributed by atoms with Crippen LogP contribution in [0.4, 0.5) is 5.82 Å². The number of nitrogens with zero attached hydrogens (tertiary/aromatic N) is 6. The number of carbonyl (C=O) groups is 4. The molecule has 12 heteroatoms. The molecule has 2 aliphatic rings. The number of rotatable bonds is 5. The zero-order valence-corrected chi connectivity index (χ0v) is 18.6. The van der Waals surface area contributed by atoms with E-state index in [4.69, 9.17) is 0 Å². The Labute approximate surface area is 193 Å². The number of hydrogen-bond donors (Lipinski definition) is 2. The topological polar surface area (TPSA) is 144 Å². The van der Waals surface area contributed by atoms with Crippen LogP contribution in [0.3, 0.4) is 0 Å². The lowest BCUT2D eigenvalue weighted by Crippen LogP contribution is -2.52. The molecular formula is C22H22N8O4. The fraction of sp³-hybridized carbons (Fsp3) is 0.318. The minimum absolute atomic E-state index is 0.130. The second-order valence-corrected chi connectivity index (χ2v) is 8.24. The lowest BCUT2D eigenvalue weighted by atomic mass is 10.0. The Balaban J connectivity index is 1.34. The van der Waals surface area contributed by atoms with Gasteiger partial charge in [-0.25, -0.2) is 9.36 Å². The molecule has 1 saturated heterocycles. The normalized spacial score (nSPS) is 17.6. The van der Waals surface area contributed by atoms with Gasteiger partial charge in [-0.3, -0.25) is 24.5 Å². The summed E-state index contributed by atoms with van der Waals surface area (Å²) in [6.45, 7) is 4.64. The minimum atomic E-state index is -0.678. The van der Waals surface area contributed by atoms with Crippen LogP contribution in [0, 0.1) is 6.92 Å². The Kier molecular flexibility index (Phi) is 5.19. The van der Waals surface area contributed by atoms with Crippen molar-refractivity contribution in [3.8, 4) is 5.69 Å². The number of fused-ring (bicyclic) bond motifs is 1. The Morgan fingerprint density at radius 3 is 2.85 bits per heavy atom. The lowest BCUT2D eigenvalue weighted by Gasteiger charge is -2.29. The van der Waals surface area contributed by atoms with Gasteiger partial charge in [-0.15, -0.1) is 5.10 Å². The van der Waals surface area contributed by atoms with Gasteiger partial charge in [0.2, 0.25) is 11.8 Å². The molecule has 1 fully saturated rings. The Morgan fingerprint density at radius 1 is 1.26 bits per heavy atom. The third kappa shape index (κ3) is 3.62. The average molecular weight is 462 g/mol. The van der Waals surface area contributed by atoms with E-state index in [9.17, 15) is 19.2 Å². The highest BCUT2D eigenvalue weighted by molar-refractivity contribution is 6.05. The van der Waals surface area contributed by atoms with Crippen LogP contribution in [0.2, 0.25) is 0 Å². The van der Waals surface area contributed by atoms with E-state index in [1.807, 2.05) is 13.8 Å². The summed E-state index contributed by atoms with van der Waals surface area (Å²) in [5.41, 5.74) is 2.82. The molecule has 0 saturated carbocycles. The minimum Gasteiger partial charge on any atom is -0.322 e. The smallest absolute Gasteiger partial charge is 0.279 e. The van der Waals surface area contributed by atoms with E-state index in [2.05, 4.69) is 26.0 Å². The van der Waals surface area contributed by atoms with Gasteiger partial charge in [0.1, 0.15) is 11.9 Å². The number of imide groups is 1. The first kappa shape index (κ1) is 21.5. The third-order valence-corrected chi connectivity index (χ3v) is 6.05. The van der Waals surface area contributed by atoms with Crippen molar-refractivity contribution in [1.82, 2.24) is 35.0 Å². The van der Waals surface area contributed by atoms with Crippen LogP contribution in [0.15, 0.2) is 30.6 Å². The summed E-state index contributed by atoms with van der Waals surface area (Å²) < 4.78 is 3.14. The van der Waals surface area contributed by atoms with Crippen LogP contribution in [0.1, 0.15) is 51.7 Å².